The van der Waals surface area contributed by atoms with E-state index in [4.69, 9.17) is 11.6 Å². The van der Waals surface area contributed by atoms with Gasteiger partial charge in [-0.05, 0) is 36.2 Å². The van der Waals surface area contributed by atoms with Crippen molar-refractivity contribution in [3.63, 3.8) is 0 Å². The molecule has 1 unspecified atom stereocenters. The summed E-state index contributed by atoms with van der Waals surface area (Å²) >= 11 is 5.80. The van der Waals surface area contributed by atoms with Crippen molar-refractivity contribution in [3.8, 4) is 0 Å². The topological polar surface area (TPSA) is 29.1 Å². The first-order chi connectivity index (χ1) is 10.8. The first-order valence-electron chi connectivity index (χ1n) is 6.84. The Hall–Kier alpha value is -2.01. The summed E-state index contributed by atoms with van der Waals surface area (Å²) in [6.07, 6.45) is -4.30. The fourth-order valence-electron chi connectivity index (χ4n) is 2.18. The zero-order valence-corrected chi connectivity index (χ0v) is 12.8. The SMILES string of the molecule is [CH2]CC(NC(=O)c1ccccc1C(F)(F)F)c1ccc(Cl)cc1. The minimum atomic E-state index is -4.59. The second kappa shape index (κ2) is 7.04. The van der Waals surface area contributed by atoms with Crippen LogP contribution in [0.2, 0.25) is 5.02 Å². The van der Waals surface area contributed by atoms with Gasteiger partial charge in [-0.2, -0.15) is 13.2 Å². The molecule has 0 aliphatic heterocycles. The normalized spacial score (nSPS) is 12.7. The van der Waals surface area contributed by atoms with Gasteiger partial charge in [0.1, 0.15) is 0 Å². The van der Waals surface area contributed by atoms with Crippen molar-refractivity contribution < 1.29 is 18.0 Å². The number of amides is 1. The molecule has 6 heteroatoms. The van der Waals surface area contributed by atoms with Gasteiger partial charge in [0, 0.05) is 5.02 Å². The fraction of sp³-hybridized carbons (Fsp3) is 0.176. The Bertz CT molecular complexity index is 683. The lowest BCUT2D eigenvalue weighted by atomic mass is 10.0. The van der Waals surface area contributed by atoms with Crippen LogP contribution in [0.15, 0.2) is 48.5 Å². The molecule has 1 N–H and O–H groups in total. The molecule has 0 aliphatic rings. The Morgan fingerprint density at radius 3 is 2.30 bits per heavy atom. The molecule has 0 bridgehead atoms. The minimum absolute atomic E-state index is 0.293. The van der Waals surface area contributed by atoms with Gasteiger partial charge in [0.05, 0.1) is 17.2 Å². The number of carbonyl (C=O) groups excluding carboxylic acids is 1. The summed E-state index contributed by atoms with van der Waals surface area (Å²) in [6.45, 7) is 3.73. The fourth-order valence-corrected chi connectivity index (χ4v) is 2.31. The third kappa shape index (κ3) is 4.26. The van der Waals surface area contributed by atoms with Crippen LogP contribution < -0.4 is 5.32 Å². The molecule has 0 fully saturated rings. The molecule has 2 aromatic rings. The van der Waals surface area contributed by atoms with Crippen molar-refractivity contribution in [2.75, 3.05) is 0 Å². The molecule has 1 radical (unpaired) electrons. The number of hydrogen-bond donors (Lipinski definition) is 1. The van der Waals surface area contributed by atoms with Gasteiger partial charge in [-0.3, -0.25) is 4.79 Å². The van der Waals surface area contributed by atoms with Crippen molar-refractivity contribution in [1.82, 2.24) is 5.32 Å². The lowest BCUT2D eigenvalue weighted by molar-refractivity contribution is -0.137. The van der Waals surface area contributed by atoms with E-state index in [1.54, 1.807) is 24.3 Å². The Labute approximate surface area is 137 Å². The summed E-state index contributed by atoms with van der Waals surface area (Å²) in [6, 6.07) is 10.9. The zero-order chi connectivity index (χ0) is 17.0. The van der Waals surface area contributed by atoms with E-state index < -0.39 is 29.3 Å². The molecule has 2 rings (SSSR count). The molecule has 0 aliphatic carbocycles. The summed E-state index contributed by atoms with van der Waals surface area (Å²) < 4.78 is 39.0. The van der Waals surface area contributed by atoms with E-state index >= 15 is 0 Å². The third-order valence-electron chi connectivity index (χ3n) is 3.34. The zero-order valence-electron chi connectivity index (χ0n) is 12.0. The monoisotopic (exact) mass is 340 g/mol. The molecule has 2 aromatic carbocycles. The van der Waals surface area contributed by atoms with Crippen LogP contribution in [0.4, 0.5) is 13.2 Å². The van der Waals surface area contributed by atoms with Crippen LogP contribution in [0.1, 0.15) is 33.9 Å². The summed E-state index contributed by atoms with van der Waals surface area (Å²) in [5.74, 6) is -0.790. The smallest absolute Gasteiger partial charge is 0.345 e. The van der Waals surface area contributed by atoms with Crippen molar-refractivity contribution in [2.24, 2.45) is 0 Å². The molecule has 1 amide bonds. The van der Waals surface area contributed by atoms with Gasteiger partial charge >= 0.3 is 6.18 Å². The standard InChI is InChI=1S/C17H14ClF3NO/c1-2-15(11-7-9-12(18)10-8-11)22-16(23)13-5-3-4-6-14(13)17(19,20)21/h3-10,15H,1-2H2,(H,22,23). The molecule has 1 atom stereocenters. The molecule has 0 saturated heterocycles. The number of benzene rings is 2. The van der Waals surface area contributed by atoms with E-state index in [2.05, 4.69) is 12.2 Å². The van der Waals surface area contributed by atoms with Crippen molar-refractivity contribution >= 4 is 17.5 Å². The highest BCUT2D eigenvalue weighted by Gasteiger charge is 2.35. The van der Waals surface area contributed by atoms with E-state index in [0.717, 1.165) is 17.7 Å². The second-order valence-electron chi connectivity index (χ2n) is 4.91. The van der Waals surface area contributed by atoms with Crippen LogP contribution in [-0.4, -0.2) is 5.91 Å². The van der Waals surface area contributed by atoms with Crippen LogP contribution in [0, 0.1) is 6.92 Å². The average molecular weight is 341 g/mol. The third-order valence-corrected chi connectivity index (χ3v) is 3.60. The average Bonchev–Trinajstić information content (AvgIpc) is 2.52. The molecule has 121 valence electrons. The van der Waals surface area contributed by atoms with Crippen LogP contribution in [-0.2, 0) is 6.18 Å². The first kappa shape index (κ1) is 17.3. The predicted octanol–water partition coefficient (Wildman–Crippen LogP) is 5.05. The van der Waals surface area contributed by atoms with Gasteiger partial charge in [0.25, 0.3) is 5.91 Å². The van der Waals surface area contributed by atoms with Crippen molar-refractivity contribution in [3.05, 3.63) is 77.2 Å². The van der Waals surface area contributed by atoms with Crippen molar-refractivity contribution in [2.45, 2.75) is 18.6 Å². The number of nitrogens with one attached hydrogen (secondary N) is 1. The van der Waals surface area contributed by atoms with E-state index in [9.17, 15) is 18.0 Å². The Morgan fingerprint density at radius 2 is 1.74 bits per heavy atom. The molecule has 0 aromatic heterocycles. The minimum Gasteiger partial charge on any atom is -0.345 e. The van der Waals surface area contributed by atoms with Crippen molar-refractivity contribution in [1.29, 1.82) is 0 Å². The number of rotatable bonds is 4. The van der Waals surface area contributed by atoms with E-state index in [0.29, 0.717) is 11.4 Å². The lowest BCUT2D eigenvalue weighted by Gasteiger charge is -2.19. The maximum Gasteiger partial charge on any atom is 0.417 e. The molecule has 2 nitrogen and oxygen atoms in total. The van der Waals surface area contributed by atoms with Gasteiger partial charge in [-0.25, -0.2) is 0 Å². The maximum absolute atomic E-state index is 13.0. The summed E-state index contributed by atoms with van der Waals surface area (Å²) in [5, 5.41) is 3.12. The predicted molar refractivity (Wildman–Crippen MR) is 83.1 cm³/mol. The highest BCUT2D eigenvalue weighted by Crippen LogP contribution is 2.32. The van der Waals surface area contributed by atoms with Crippen LogP contribution in [0.25, 0.3) is 0 Å². The number of carbonyl (C=O) groups is 1. The Balaban J connectivity index is 2.26. The van der Waals surface area contributed by atoms with Gasteiger partial charge in [-0.15, -0.1) is 0 Å². The van der Waals surface area contributed by atoms with Gasteiger partial charge in [0.2, 0.25) is 0 Å². The van der Waals surface area contributed by atoms with Crippen LogP contribution >= 0.6 is 11.6 Å². The molecule has 0 saturated carbocycles. The Morgan fingerprint density at radius 1 is 1.13 bits per heavy atom. The number of hydrogen-bond acceptors (Lipinski definition) is 1. The molecule has 0 spiro atoms. The van der Waals surface area contributed by atoms with Gasteiger partial charge in [-0.1, -0.05) is 42.8 Å². The quantitative estimate of drug-likeness (QED) is 0.828. The van der Waals surface area contributed by atoms with Crippen LogP contribution in [0.3, 0.4) is 0 Å². The first-order valence-corrected chi connectivity index (χ1v) is 7.22. The summed E-state index contributed by atoms with van der Waals surface area (Å²) in [7, 11) is 0. The van der Waals surface area contributed by atoms with Crippen LogP contribution in [0.5, 0.6) is 0 Å². The second-order valence-corrected chi connectivity index (χ2v) is 5.35. The highest BCUT2D eigenvalue weighted by atomic mass is 35.5. The Kier molecular flexibility index (Phi) is 5.31. The maximum atomic E-state index is 13.0. The van der Waals surface area contributed by atoms with Gasteiger partial charge in [0.15, 0.2) is 0 Å². The van der Waals surface area contributed by atoms with E-state index in [-0.39, 0.29) is 0 Å². The summed E-state index contributed by atoms with van der Waals surface area (Å²) in [5.41, 5.74) is -0.647. The molecule has 0 heterocycles. The highest BCUT2D eigenvalue weighted by molar-refractivity contribution is 6.30. The molecule has 23 heavy (non-hydrogen) atoms. The molecular weight excluding hydrogens is 327 g/mol. The largest absolute Gasteiger partial charge is 0.417 e. The number of halogens is 4. The lowest BCUT2D eigenvalue weighted by Crippen LogP contribution is -2.30. The van der Waals surface area contributed by atoms with Gasteiger partial charge < -0.3 is 5.32 Å². The number of alkyl halides is 3. The summed E-state index contributed by atoms with van der Waals surface area (Å²) in [4.78, 5) is 12.3. The molecular formula is C17H14ClF3NO. The van der Waals surface area contributed by atoms with E-state index in [1.165, 1.54) is 12.1 Å². The van der Waals surface area contributed by atoms with E-state index in [1.807, 2.05) is 0 Å².